The number of nitrogens with zero attached hydrogens (tertiary/aromatic N) is 6. The van der Waals surface area contributed by atoms with Gasteiger partial charge in [0.2, 0.25) is 16.9 Å². The molecule has 0 radical (unpaired) electrons. The Morgan fingerprint density at radius 1 is 1.60 bits per heavy atom. The minimum Gasteiger partial charge on any atom is -0.471 e. The molecular weight excluding hydrogens is 290 g/mol. The van der Waals surface area contributed by atoms with E-state index < -0.39 is 5.69 Å². The molecule has 11 heteroatoms. The lowest BCUT2D eigenvalue weighted by Gasteiger charge is -2.01. The fourth-order valence-electron chi connectivity index (χ4n) is 1.46. The molecular formula is C9H8ClN7O3. The van der Waals surface area contributed by atoms with Gasteiger partial charge in [-0.25, -0.2) is 4.79 Å². The Morgan fingerprint density at radius 2 is 2.45 bits per heavy atom. The first-order valence-corrected chi connectivity index (χ1v) is 5.75. The summed E-state index contributed by atoms with van der Waals surface area (Å²) in [6.45, 7) is -0.0578. The maximum absolute atomic E-state index is 11.8. The molecule has 0 atom stereocenters. The van der Waals surface area contributed by atoms with Gasteiger partial charge in [-0.05, 0) is 22.0 Å². The lowest BCUT2D eigenvalue weighted by atomic mass is 10.3. The molecule has 10 nitrogen and oxygen atoms in total. The largest absolute Gasteiger partial charge is 0.471 e. The molecule has 0 aliphatic rings. The smallest absolute Gasteiger partial charge is 0.369 e. The highest BCUT2D eigenvalue weighted by Crippen LogP contribution is 2.22. The van der Waals surface area contributed by atoms with E-state index >= 15 is 0 Å². The van der Waals surface area contributed by atoms with Crippen molar-refractivity contribution < 1.29 is 10.7 Å². The van der Waals surface area contributed by atoms with Crippen LogP contribution in [0.1, 0.15) is 5.56 Å². The van der Waals surface area contributed by atoms with Gasteiger partial charge in [-0.2, -0.15) is 4.68 Å². The van der Waals surface area contributed by atoms with Gasteiger partial charge in [0.05, 0.1) is 5.56 Å². The minimum absolute atomic E-state index is 0.0344. The molecule has 0 amide bonds. The Hall–Kier alpha value is -2.62. The van der Waals surface area contributed by atoms with Crippen LogP contribution in [-0.2, 0) is 13.7 Å². The molecule has 0 saturated heterocycles. The molecule has 0 spiro atoms. The van der Waals surface area contributed by atoms with Crippen molar-refractivity contribution in [1.82, 2.24) is 35.1 Å². The highest BCUT2D eigenvalue weighted by molar-refractivity contribution is 6.29. The van der Waals surface area contributed by atoms with Crippen LogP contribution in [0.25, 0.3) is 5.82 Å². The lowest BCUT2D eigenvalue weighted by molar-refractivity contribution is 0.291. The van der Waals surface area contributed by atoms with Crippen LogP contribution >= 0.6 is 11.6 Å². The van der Waals surface area contributed by atoms with Crippen molar-refractivity contribution >= 4 is 11.6 Å². The molecule has 0 bridgehead atoms. The number of hydrogen-bond acceptors (Lipinski definition) is 7. The second-order valence-electron chi connectivity index (χ2n) is 3.71. The molecule has 0 unspecified atom stereocenters. The second-order valence-corrected chi connectivity index (χ2v) is 4.06. The highest BCUT2D eigenvalue weighted by Gasteiger charge is 2.20. The molecule has 104 valence electrons. The summed E-state index contributed by atoms with van der Waals surface area (Å²) >= 11 is 5.88. The van der Waals surface area contributed by atoms with Crippen LogP contribution in [0.5, 0.6) is 5.88 Å². The van der Waals surface area contributed by atoms with Crippen molar-refractivity contribution in [3.05, 3.63) is 33.5 Å². The van der Waals surface area contributed by atoms with Gasteiger partial charge in [-0.3, -0.25) is 5.09 Å². The van der Waals surface area contributed by atoms with E-state index in [0.717, 1.165) is 14.5 Å². The lowest BCUT2D eigenvalue weighted by Crippen LogP contribution is -2.23. The van der Waals surface area contributed by atoms with Crippen LogP contribution in [-0.4, -0.2) is 35.1 Å². The topological polar surface area (TPSA) is 117 Å². The predicted octanol–water partition coefficient (Wildman–Crippen LogP) is -0.0905. The third-order valence-electron chi connectivity index (χ3n) is 2.45. The second kappa shape index (κ2) is 4.81. The van der Waals surface area contributed by atoms with Gasteiger partial charge >= 0.3 is 5.69 Å². The summed E-state index contributed by atoms with van der Waals surface area (Å²) in [7, 11) is 1.45. The van der Waals surface area contributed by atoms with Crippen LogP contribution in [0.3, 0.4) is 0 Å². The first-order valence-electron chi connectivity index (χ1n) is 5.82. The van der Waals surface area contributed by atoms with Gasteiger partial charge in [-0.1, -0.05) is 5.16 Å². The number of nitrogens with one attached hydrogen (secondary N) is 1. The summed E-state index contributed by atoms with van der Waals surface area (Å²) in [4.78, 5) is 11.8. The fraction of sp³-hybridized carbons (Fsp3) is 0.222. The summed E-state index contributed by atoms with van der Waals surface area (Å²) < 4.78 is 19.4. The van der Waals surface area contributed by atoms with Gasteiger partial charge in [-0.15, -0.1) is 9.78 Å². The van der Waals surface area contributed by atoms with E-state index in [1.807, 2.05) is 0 Å². The Labute approximate surface area is 117 Å². The van der Waals surface area contributed by atoms with Crippen LogP contribution in [0.4, 0.5) is 0 Å². The van der Waals surface area contributed by atoms with Crippen molar-refractivity contribution in [2.45, 2.75) is 6.61 Å². The molecule has 20 heavy (non-hydrogen) atoms. The molecule has 1 N–H and O–H groups in total. The summed E-state index contributed by atoms with van der Waals surface area (Å²) in [5, 5.41) is 15.4. The molecule has 3 aromatic heterocycles. The molecule has 0 aliphatic heterocycles. The number of aryl methyl sites for hydroxylation is 1. The number of hydrogen-bond donors (Lipinski definition) is 1. The predicted molar refractivity (Wildman–Crippen MR) is 64.6 cm³/mol. The van der Waals surface area contributed by atoms with Crippen LogP contribution in [0, 0.1) is 0 Å². The van der Waals surface area contributed by atoms with Gasteiger partial charge in [0.25, 0.3) is 0 Å². The number of rotatable bonds is 4. The average molecular weight is 300 g/mol. The molecule has 0 fully saturated rings. The van der Waals surface area contributed by atoms with Crippen molar-refractivity contribution in [2.75, 3.05) is 0 Å². The number of ether oxygens (including phenoxy) is 1. The summed E-state index contributed by atoms with van der Waals surface area (Å²) in [6, 6.07) is 1.50. The molecule has 3 heterocycles. The van der Waals surface area contributed by atoms with Crippen molar-refractivity contribution in [1.29, 1.82) is 0 Å². The normalized spacial score (nSPS) is 11.6. The van der Waals surface area contributed by atoms with E-state index in [0.29, 0.717) is 5.56 Å². The van der Waals surface area contributed by atoms with Crippen molar-refractivity contribution in [3.63, 3.8) is 0 Å². The number of aromatic nitrogens is 7. The number of halogens is 1. The van der Waals surface area contributed by atoms with Crippen LogP contribution < -0.4 is 10.4 Å². The molecule has 3 aromatic rings. The van der Waals surface area contributed by atoms with Gasteiger partial charge in [0, 0.05) is 19.3 Å². The molecule has 0 saturated carbocycles. The average Bonchev–Trinajstić information content (AvgIpc) is 3.11. The van der Waals surface area contributed by atoms with E-state index in [9.17, 15) is 4.79 Å². The SMILES string of the molecule is [3H]n1ccc(OCc2c(-n3nnn(C)c3=O)noc2Cl)n1. The van der Waals surface area contributed by atoms with Gasteiger partial charge < -0.3 is 9.26 Å². The zero-order chi connectivity index (χ0) is 15.0. The maximum atomic E-state index is 11.8. The first-order chi connectivity index (χ1) is 10.1. The zero-order valence-corrected chi connectivity index (χ0v) is 10.9. The molecule has 0 aliphatic carbocycles. The third kappa shape index (κ3) is 2.05. The summed E-state index contributed by atoms with van der Waals surface area (Å²) in [5.41, 5.74) is -0.185. The quantitative estimate of drug-likeness (QED) is 0.715. The molecule has 3 rings (SSSR count). The van der Waals surface area contributed by atoms with E-state index in [4.69, 9.17) is 22.3 Å². The Balaban J connectivity index is 1.90. The van der Waals surface area contributed by atoms with Gasteiger partial charge in [0.15, 0.2) is 1.41 Å². The standard InChI is InChI=1S/C9H8ClN7O3/c1-16-9(18)17(15-14-16)8-5(7(10)20-13-8)4-19-6-2-3-11-12-6/h2-3H,4H2,1H3,(H,11,12)/i/hT. The summed E-state index contributed by atoms with van der Waals surface area (Å²) in [6.07, 6.45) is 1.40. The Bertz CT molecular complexity index is 835. The van der Waals surface area contributed by atoms with E-state index in [2.05, 4.69) is 20.7 Å². The third-order valence-corrected chi connectivity index (χ3v) is 2.74. The van der Waals surface area contributed by atoms with Crippen LogP contribution in [0.15, 0.2) is 21.6 Å². The number of H-pyrrole nitrogens is 1. The summed E-state index contributed by atoms with van der Waals surface area (Å²) in [5.74, 6) is 0.308. The Kier molecular flexibility index (Phi) is 2.70. The van der Waals surface area contributed by atoms with Crippen molar-refractivity contribution in [2.24, 2.45) is 7.05 Å². The van der Waals surface area contributed by atoms with Crippen molar-refractivity contribution in [3.8, 4) is 11.7 Å². The molecule has 0 aromatic carbocycles. The van der Waals surface area contributed by atoms with E-state index in [1.165, 1.54) is 19.3 Å². The zero-order valence-electron chi connectivity index (χ0n) is 11.1. The minimum atomic E-state index is -0.503. The van der Waals surface area contributed by atoms with Crippen LogP contribution in [0.2, 0.25) is 6.63 Å². The monoisotopic (exact) mass is 299 g/mol. The maximum Gasteiger partial charge on any atom is 0.369 e. The number of aromatic amines is 1. The van der Waals surface area contributed by atoms with E-state index in [-0.39, 0.29) is 23.5 Å². The fourth-order valence-corrected chi connectivity index (χ4v) is 1.63. The Morgan fingerprint density at radius 3 is 3.10 bits per heavy atom. The highest BCUT2D eigenvalue weighted by atomic mass is 35.5. The van der Waals surface area contributed by atoms with E-state index in [1.54, 1.807) is 0 Å². The first kappa shape index (κ1) is 11.2. The number of tetrazole rings is 1. The van der Waals surface area contributed by atoms with Gasteiger partial charge in [0.1, 0.15) is 6.61 Å².